The molecule has 0 aliphatic heterocycles. The van der Waals surface area contributed by atoms with Gasteiger partial charge in [-0.2, -0.15) is 5.26 Å². The monoisotopic (exact) mass is 448 g/mol. The number of rotatable bonds is 6. The fraction of sp³-hybridized carbons (Fsp3) is 0.174. The quantitative estimate of drug-likeness (QED) is 0.506. The molecule has 32 heavy (non-hydrogen) atoms. The normalized spacial score (nSPS) is 11.3. The number of carbonyl (C=O) groups is 2. The van der Waals surface area contributed by atoms with Crippen molar-refractivity contribution >= 4 is 40.6 Å². The summed E-state index contributed by atoms with van der Waals surface area (Å²) in [4.78, 5) is 33.7. The van der Waals surface area contributed by atoms with E-state index in [0.29, 0.717) is 34.6 Å². The van der Waals surface area contributed by atoms with Gasteiger partial charge >= 0.3 is 0 Å². The number of nitrogens with one attached hydrogen (secondary N) is 2. The maximum Gasteiger partial charge on any atom is 0.256 e. The summed E-state index contributed by atoms with van der Waals surface area (Å²) in [5.41, 5.74) is 8.65. The lowest BCUT2D eigenvalue weighted by Gasteiger charge is -2.12. The lowest BCUT2D eigenvalue weighted by molar-refractivity contribution is 0.101. The van der Waals surface area contributed by atoms with Crippen molar-refractivity contribution < 1.29 is 9.59 Å². The van der Waals surface area contributed by atoms with Crippen molar-refractivity contribution in [3.8, 4) is 6.07 Å². The number of nitrogen functional groups attached to an aromatic ring is 1. The molecule has 1 unspecified atom stereocenters. The molecule has 2 heterocycles. The SMILES string of the molecule is Cc1ccc(NC(=O)c2ccnc(C(C)CC#N)c2)cc1C(=O)Nc1cnc(N)c(Cl)c1. The summed E-state index contributed by atoms with van der Waals surface area (Å²) in [6.07, 6.45) is 3.26. The highest BCUT2D eigenvalue weighted by Gasteiger charge is 2.15. The predicted molar refractivity (Wildman–Crippen MR) is 124 cm³/mol. The van der Waals surface area contributed by atoms with E-state index in [-0.39, 0.29) is 28.6 Å². The molecule has 0 aliphatic carbocycles. The summed E-state index contributed by atoms with van der Waals surface area (Å²) in [7, 11) is 0. The molecule has 1 aromatic carbocycles. The first kappa shape index (κ1) is 22.7. The van der Waals surface area contributed by atoms with E-state index in [0.717, 1.165) is 5.56 Å². The van der Waals surface area contributed by atoms with E-state index in [2.05, 4.69) is 26.7 Å². The maximum absolute atomic E-state index is 12.8. The van der Waals surface area contributed by atoms with Crippen LogP contribution in [0.3, 0.4) is 0 Å². The number of halogens is 1. The molecule has 2 aromatic heterocycles. The van der Waals surface area contributed by atoms with Gasteiger partial charge < -0.3 is 16.4 Å². The van der Waals surface area contributed by atoms with Gasteiger partial charge in [-0.05, 0) is 42.8 Å². The molecule has 2 amide bonds. The topological polar surface area (TPSA) is 134 Å². The van der Waals surface area contributed by atoms with E-state index >= 15 is 0 Å². The van der Waals surface area contributed by atoms with E-state index in [9.17, 15) is 9.59 Å². The van der Waals surface area contributed by atoms with Gasteiger partial charge in [-0.3, -0.25) is 14.6 Å². The number of nitrogens with two attached hydrogens (primary N) is 1. The van der Waals surface area contributed by atoms with E-state index in [4.69, 9.17) is 22.6 Å². The zero-order valence-electron chi connectivity index (χ0n) is 17.5. The Labute approximate surface area is 190 Å². The Bertz CT molecular complexity index is 1220. The maximum atomic E-state index is 12.8. The molecule has 0 saturated heterocycles. The van der Waals surface area contributed by atoms with E-state index in [1.807, 2.05) is 6.92 Å². The van der Waals surface area contributed by atoms with Gasteiger partial charge in [0.15, 0.2) is 0 Å². The molecule has 0 fully saturated rings. The second-order valence-corrected chi connectivity index (χ2v) is 7.67. The lowest BCUT2D eigenvalue weighted by Crippen LogP contribution is -2.16. The Morgan fingerprint density at radius 1 is 1.12 bits per heavy atom. The molecule has 0 spiro atoms. The van der Waals surface area contributed by atoms with Crippen molar-refractivity contribution in [3.05, 3.63) is 76.2 Å². The summed E-state index contributed by atoms with van der Waals surface area (Å²) in [5.74, 6) is -0.633. The molecule has 3 rings (SSSR count). The number of anilines is 3. The molecular weight excluding hydrogens is 428 g/mol. The number of carbonyl (C=O) groups excluding carboxylic acids is 2. The summed E-state index contributed by atoms with van der Waals surface area (Å²) in [5, 5.41) is 14.6. The van der Waals surface area contributed by atoms with Crippen molar-refractivity contribution in [2.45, 2.75) is 26.2 Å². The second-order valence-electron chi connectivity index (χ2n) is 7.26. The van der Waals surface area contributed by atoms with Crippen molar-refractivity contribution in [2.24, 2.45) is 0 Å². The van der Waals surface area contributed by atoms with Crippen molar-refractivity contribution in [1.82, 2.24) is 9.97 Å². The van der Waals surface area contributed by atoms with Gasteiger partial charge in [0.05, 0.1) is 23.0 Å². The third kappa shape index (κ3) is 5.39. The average Bonchev–Trinajstić information content (AvgIpc) is 2.77. The molecule has 0 aliphatic rings. The van der Waals surface area contributed by atoms with Gasteiger partial charge in [-0.25, -0.2) is 4.98 Å². The summed E-state index contributed by atoms with van der Waals surface area (Å²) in [6, 6.07) is 11.9. The molecule has 162 valence electrons. The fourth-order valence-electron chi connectivity index (χ4n) is 2.96. The Balaban J connectivity index is 1.77. The largest absolute Gasteiger partial charge is 0.382 e. The zero-order chi connectivity index (χ0) is 23.3. The second kappa shape index (κ2) is 9.90. The third-order valence-corrected chi connectivity index (χ3v) is 5.12. The van der Waals surface area contributed by atoms with Crippen LogP contribution in [0, 0.1) is 18.3 Å². The highest BCUT2D eigenvalue weighted by atomic mass is 35.5. The molecule has 8 nitrogen and oxygen atoms in total. The van der Waals surface area contributed by atoms with Gasteiger partial charge in [0.25, 0.3) is 11.8 Å². The van der Waals surface area contributed by atoms with Crippen LogP contribution >= 0.6 is 11.6 Å². The van der Waals surface area contributed by atoms with Crippen LogP contribution in [0.25, 0.3) is 0 Å². The summed E-state index contributed by atoms with van der Waals surface area (Å²) >= 11 is 5.96. The molecule has 3 aromatic rings. The average molecular weight is 449 g/mol. The van der Waals surface area contributed by atoms with E-state index in [1.54, 1.807) is 37.3 Å². The fourth-order valence-corrected chi connectivity index (χ4v) is 3.13. The Morgan fingerprint density at radius 3 is 2.59 bits per heavy atom. The molecule has 0 bridgehead atoms. The Morgan fingerprint density at radius 2 is 1.88 bits per heavy atom. The molecule has 4 N–H and O–H groups in total. The third-order valence-electron chi connectivity index (χ3n) is 4.81. The summed E-state index contributed by atoms with van der Waals surface area (Å²) < 4.78 is 0. The number of nitrogens with zero attached hydrogens (tertiary/aromatic N) is 3. The predicted octanol–water partition coefficient (Wildman–Crippen LogP) is 4.54. The van der Waals surface area contributed by atoms with Gasteiger partial charge in [0.1, 0.15) is 5.82 Å². The standard InChI is InChI=1S/C23H21ClN6O2/c1-13-3-4-16(10-18(13)23(32)30-17-11-19(24)21(26)28-12-17)29-22(31)15-6-8-27-20(9-15)14(2)5-7-25/h3-4,6,8-12,14H,5H2,1-2H3,(H2,26,28)(H,29,31)(H,30,32). The minimum absolute atomic E-state index is 0.0845. The molecule has 0 saturated carbocycles. The lowest BCUT2D eigenvalue weighted by atomic mass is 10.0. The van der Waals surface area contributed by atoms with Crippen molar-refractivity contribution in [1.29, 1.82) is 5.26 Å². The number of pyridine rings is 2. The zero-order valence-corrected chi connectivity index (χ0v) is 18.3. The molecule has 0 radical (unpaired) electrons. The van der Waals surface area contributed by atoms with Crippen LogP contribution in [0.15, 0.2) is 48.8 Å². The first-order valence-corrected chi connectivity index (χ1v) is 10.1. The smallest absolute Gasteiger partial charge is 0.256 e. The number of hydrogen-bond acceptors (Lipinski definition) is 6. The molecule has 1 atom stereocenters. The van der Waals surface area contributed by atoms with Crippen LogP contribution in [0.4, 0.5) is 17.2 Å². The van der Waals surface area contributed by atoms with Gasteiger partial charge in [-0.15, -0.1) is 0 Å². The van der Waals surface area contributed by atoms with Gasteiger partial charge in [0, 0.05) is 41.0 Å². The number of benzene rings is 1. The minimum atomic E-state index is -0.377. The Hall–Kier alpha value is -3.96. The first-order valence-electron chi connectivity index (χ1n) is 9.75. The summed E-state index contributed by atoms with van der Waals surface area (Å²) in [6.45, 7) is 3.67. The minimum Gasteiger partial charge on any atom is -0.382 e. The highest BCUT2D eigenvalue weighted by molar-refractivity contribution is 6.33. The van der Waals surface area contributed by atoms with E-state index in [1.165, 1.54) is 18.5 Å². The number of aromatic nitrogens is 2. The van der Waals surface area contributed by atoms with Crippen LogP contribution in [0.5, 0.6) is 0 Å². The first-order chi connectivity index (χ1) is 15.3. The number of amides is 2. The van der Waals surface area contributed by atoms with E-state index < -0.39 is 0 Å². The van der Waals surface area contributed by atoms with Crippen molar-refractivity contribution in [3.63, 3.8) is 0 Å². The Kier molecular flexibility index (Phi) is 7.03. The molecular formula is C23H21ClN6O2. The van der Waals surface area contributed by atoms with Gasteiger partial charge in [-0.1, -0.05) is 24.6 Å². The van der Waals surface area contributed by atoms with Crippen LogP contribution in [-0.4, -0.2) is 21.8 Å². The van der Waals surface area contributed by atoms with Crippen LogP contribution < -0.4 is 16.4 Å². The molecule has 9 heteroatoms. The number of hydrogen-bond donors (Lipinski definition) is 3. The number of nitriles is 1. The van der Waals surface area contributed by atoms with Gasteiger partial charge in [0.2, 0.25) is 0 Å². The van der Waals surface area contributed by atoms with Crippen LogP contribution in [-0.2, 0) is 0 Å². The van der Waals surface area contributed by atoms with Crippen LogP contribution in [0.2, 0.25) is 5.02 Å². The van der Waals surface area contributed by atoms with Crippen molar-refractivity contribution in [2.75, 3.05) is 16.4 Å². The van der Waals surface area contributed by atoms with Crippen LogP contribution in [0.1, 0.15) is 51.2 Å². The number of aryl methyl sites for hydroxylation is 1. The highest BCUT2D eigenvalue weighted by Crippen LogP contribution is 2.22.